The number of hydrogen-bond donors (Lipinski definition) is 1. The molecule has 1 aromatic carbocycles. The first-order chi connectivity index (χ1) is 8.29. The summed E-state index contributed by atoms with van der Waals surface area (Å²) in [6.45, 7) is 2.24. The Kier molecular flexibility index (Phi) is 2.78. The Labute approximate surface area is 104 Å². The van der Waals surface area contributed by atoms with Gasteiger partial charge in [-0.25, -0.2) is 4.99 Å². The Hall–Kier alpha value is -1.11. The Morgan fingerprint density at radius 1 is 1.00 bits per heavy atom. The number of hydrogen-bond acceptors (Lipinski definition) is 0. The van der Waals surface area contributed by atoms with Crippen molar-refractivity contribution >= 4 is 5.71 Å². The molecule has 0 atom stereocenters. The van der Waals surface area contributed by atoms with Crippen LogP contribution in [-0.2, 0) is 6.42 Å². The van der Waals surface area contributed by atoms with Gasteiger partial charge in [-0.1, -0.05) is 31.0 Å². The molecule has 2 aliphatic rings. The zero-order valence-corrected chi connectivity index (χ0v) is 10.8. The molecule has 1 nitrogen and oxygen atoms in total. The predicted octanol–water partition coefficient (Wildman–Crippen LogP) is 2.23. The molecular formula is C16H22N+. The molecule has 0 unspecified atom stereocenters. The van der Waals surface area contributed by atoms with Crippen LogP contribution < -0.4 is 4.99 Å². The lowest BCUT2D eigenvalue weighted by molar-refractivity contribution is -0.559. The lowest BCUT2D eigenvalue weighted by Gasteiger charge is -2.28. The molecule has 0 saturated heterocycles. The molecule has 1 aliphatic heterocycles. The summed E-state index contributed by atoms with van der Waals surface area (Å²) >= 11 is 0. The van der Waals surface area contributed by atoms with Crippen molar-refractivity contribution in [3.8, 4) is 0 Å². The highest BCUT2D eigenvalue weighted by atomic mass is 14.9. The minimum Gasteiger partial charge on any atom is -0.240 e. The summed E-state index contributed by atoms with van der Waals surface area (Å²) < 4.78 is 0. The molecule has 1 fully saturated rings. The van der Waals surface area contributed by atoms with Crippen molar-refractivity contribution in [1.29, 1.82) is 0 Å². The lowest BCUT2D eigenvalue weighted by Crippen LogP contribution is -2.89. The summed E-state index contributed by atoms with van der Waals surface area (Å²) in [6.07, 6.45) is 9.54. The van der Waals surface area contributed by atoms with Crippen LogP contribution in [0.15, 0.2) is 24.3 Å². The molecule has 17 heavy (non-hydrogen) atoms. The van der Waals surface area contributed by atoms with Crippen molar-refractivity contribution in [2.24, 2.45) is 0 Å². The minimum atomic E-state index is 0.370. The van der Waals surface area contributed by atoms with E-state index in [0.29, 0.717) is 5.54 Å². The van der Waals surface area contributed by atoms with Crippen molar-refractivity contribution in [2.45, 2.75) is 57.4 Å². The van der Waals surface area contributed by atoms with Gasteiger partial charge in [0.2, 0.25) is 0 Å². The van der Waals surface area contributed by atoms with Crippen molar-refractivity contribution in [1.82, 2.24) is 0 Å². The average molecular weight is 228 g/mol. The lowest BCUT2D eigenvalue weighted by atomic mass is 9.80. The highest BCUT2D eigenvalue weighted by Gasteiger charge is 2.39. The van der Waals surface area contributed by atoms with E-state index in [1.807, 2.05) is 0 Å². The summed E-state index contributed by atoms with van der Waals surface area (Å²) in [5, 5.41) is 0. The van der Waals surface area contributed by atoms with Gasteiger partial charge in [-0.2, -0.15) is 0 Å². The predicted molar refractivity (Wildman–Crippen MR) is 71.3 cm³/mol. The highest BCUT2D eigenvalue weighted by Crippen LogP contribution is 2.29. The topological polar surface area (TPSA) is 14.0 Å². The van der Waals surface area contributed by atoms with Crippen LogP contribution in [0.25, 0.3) is 0 Å². The van der Waals surface area contributed by atoms with Gasteiger partial charge in [0.1, 0.15) is 0 Å². The second-order valence-electron chi connectivity index (χ2n) is 5.78. The standard InChI is InChI=1S/C16H21N/c1-13-15-9-5-4-8-14(15)12-16(17-13)10-6-2-3-7-11-16/h4-5,8-9H,2-3,6-7,10-12H2,1H3/p+1. The molecule has 3 rings (SSSR count). The Bertz CT molecular complexity index is 437. The van der Waals surface area contributed by atoms with Gasteiger partial charge in [0.15, 0.2) is 11.3 Å². The molecule has 0 amide bonds. The van der Waals surface area contributed by atoms with Crippen molar-refractivity contribution in [3.63, 3.8) is 0 Å². The molecule has 1 heterocycles. The van der Waals surface area contributed by atoms with Crippen molar-refractivity contribution < 1.29 is 4.99 Å². The van der Waals surface area contributed by atoms with E-state index in [9.17, 15) is 0 Å². The van der Waals surface area contributed by atoms with E-state index in [1.165, 1.54) is 56.2 Å². The van der Waals surface area contributed by atoms with Gasteiger partial charge in [0.05, 0.1) is 0 Å². The van der Waals surface area contributed by atoms with Crippen molar-refractivity contribution in [3.05, 3.63) is 35.4 Å². The molecule has 90 valence electrons. The second-order valence-corrected chi connectivity index (χ2v) is 5.78. The van der Waals surface area contributed by atoms with Crippen LogP contribution in [0.2, 0.25) is 0 Å². The molecule has 1 N–H and O–H groups in total. The maximum Gasteiger partial charge on any atom is 0.179 e. The molecule has 1 aromatic rings. The number of nitrogens with one attached hydrogen (secondary N) is 1. The van der Waals surface area contributed by atoms with Gasteiger partial charge < -0.3 is 0 Å². The largest absolute Gasteiger partial charge is 0.240 e. The summed E-state index contributed by atoms with van der Waals surface area (Å²) in [6, 6.07) is 8.89. The molecule has 1 saturated carbocycles. The molecule has 1 aliphatic carbocycles. The van der Waals surface area contributed by atoms with E-state index in [4.69, 9.17) is 0 Å². The van der Waals surface area contributed by atoms with E-state index < -0.39 is 0 Å². The van der Waals surface area contributed by atoms with Crippen molar-refractivity contribution in [2.75, 3.05) is 0 Å². The Balaban J connectivity index is 1.98. The van der Waals surface area contributed by atoms with Crippen LogP contribution in [0.5, 0.6) is 0 Å². The third kappa shape index (κ3) is 2.03. The summed E-state index contributed by atoms with van der Waals surface area (Å²) in [5.41, 5.74) is 4.73. The second kappa shape index (κ2) is 4.29. The fraction of sp³-hybridized carbons (Fsp3) is 0.562. The highest BCUT2D eigenvalue weighted by molar-refractivity contribution is 5.96. The van der Waals surface area contributed by atoms with E-state index in [2.05, 4.69) is 36.2 Å². The third-order valence-corrected chi connectivity index (χ3v) is 4.46. The maximum absolute atomic E-state index is 3.84. The first-order valence-corrected chi connectivity index (χ1v) is 6.99. The van der Waals surface area contributed by atoms with Gasteiger partial charge >= 0.3 is 0 Å². The van der Waals surface area contributed by atoms with Crippen LogP contribution in [0, 0.1) is 0 Å². The van der Waals surface area contributed by atoms with Gasteiger partial charge in [-0.3, -0.25) is 0 Å². The maximum atomic E-state index is 3.84. The fourth-order valence-corrected chi connectivity index (χ4v) is 3.62. The van der Waals surface area contributed by atoms with Gasteiger partial charge in [-0.05, 0) is 24.5 Å². The van der Waals surface area contributed by atoms with E-state index in [0.717, 1.165) is 0 Å². The van der Waals surface area contributed by atoms with Crippen LogP contribution in [0.4, 0.5) is 0 Å². The Morgan fingerprint density at radius 2 is 1.71 bits per heavy atom. The van der Waals surface area contributed by atoms with E-state index in [1.54, 1.807) is 5.56 Å². The van der Waals surface area contributed by atoms with Crippen LogP contribution in [-0.4, -0.2) is 11.3 Å². The normalized spacial score (nSPS) is 22.8. The smallest absolute Gasteiger partial charge is 0.179 e. The quantitative estimate of drug-likeness (QED) is 0.700. The summed E-state index contributed by atoms with van der Waals surface area (Å²) in [7, 11) is 0. The third-order valence-electron chi connectivity index (χ3n) is 4.46. The zero-order chi connectivity index (χ0) is 11.7. The van der Waals surface area contributed by atoms with Crippen LogP contribution in [0.3, 0.4) is 0 Å². The first-order valence-electron chi connectivity index (χ1n) is 6.99. The summed E-state index contributed by atoms with van der Waals surface area (Å²) in [5.74, 6) is 0. The van der Waals surface area contributed by atoms with E-state index >= 15 is 0 Å². The molecule has 1 heteroatoms. The fourth-order valence-electron chi connectivity index (χ4n) is 3.62. The molecule has 0 aromatic heterocycles. The first kappa shape index (κ1) is 11.0. The molecular weight excluding hydrogens is 206 g/mol. The minimum absolute atomic E-state index is 0.370. The van der Waals surface area contributed by atoms with Gasteiger partial charge in [0, 0.05) is 31.7 Å². The van der Waals surface area contributed by atoms with Gasteiger partial charge in [-0.15, -0.1) is 0 Å². The van der Waals surface area contributed by atoms with Crippen LogP contribution >= 0.6 is 0 Å². The number of benzene rings is 1. The van der Waals surface area contributed by atoms with E-state index in [-0.39, 0.29) is 0 Å². The zero-order valence-electron chi connectivity index (χ0n) is 10.8. The molecule has 0 bridgehead atoms. The Morgan fingerprint density at radius 3 is 2.47 bits per heavy atom. The summed E-state index contributed by atoms with van der Waals surface area (Å²) in [4.78, 5) is 3.84. The monoisotopic (exact) mass is 228 g/mol. The van der Waals surface area contributed by atoms with Gasteiger partial charge in [0.25, 0.3) is 0 Å². The number of fused-ring (bicyclic) bond motifs is 1. The van der Waals surface area contributed by atoms with Crippen LogP contribution in [0.1, 0.15) is 56.6 Å². The molecule has 0 radical (unpaired) electrons. The number of rotatable bonds is 0. The SMILES string of the molecule is CC1=[NH+]C2(CCCCCC2)Cc2ccccc21. The average Bonchev–Trinajstić information content (AvgIpc) is 2.55. The molecule has 1 spiro atoms.